The molecule has 1 aromatic heterocycles. The summed E-state index contributed by atoms with van der Waals surface area (Å²) in [4.78, 5) is 8.30. The average Bonchev–Trinajstić information content (AvgIpc) is 2.45. The molecular weight excluding hydrogens is 259 g/mol. The molecular formula is C14H17FN4O. The summed E-state index contributed by atoms with van der Waals surface area (Å²) in [6.07, 6.45) is 0. The largest absolute Gasteiger partial charge is 0.481 e. The minimum Gasteiger partial charge on any atom is -0.481 e. The number of nitrogens with zero attached hydrogens (tertiary/aromatic N) is 2. The zero-order chi connectivity index (χ0) is 14.5. The molecule has 0 amide bonds. The molecule has 5 nitrogen and oxygen atoms in total. The quantitative estimate of drug-likeness (QED) is 0.874. The van der Waals surface area contributed by atoms with E-state index in [0.29, 0.717) is 36.2 Å². The van der Waals surface area contributed by atoms with E-state index in [1.807, 2.05) is 6.07 Å². The second kappa shape index (κ2) is 6.29. The standard InChI is InChI=1S/C14H17FN4O/c1-9-18-13(6-14(19-9)20-2)17-8-11-4-3-10(7-16)5-12(11)15/h3-6H,7-8,16H2,1-2H3,(H,17,18,19). The Kier molecular flexibility index (Phi) is 4.47. The molecule has 0 radical (unpaired) electrons. The van der Waals surface area contributed by atoms with Crippen LogP contribution in [0.1, 0.15) is 17.0 Å². The predicted octanol–water partition coefficient (Wildman–Crippen LogP) is 2.00. The molecule has 6 heteroatoms. The highest BCUT2D eigenvalue weighted by Crippen LogP contribution is 2.15. The monoisotopic (exact) mass is 276 g/mol. The number of nitrogens with two attached hydrogens (primary N) is 1. The van der Waals surface area contributed by atoms with Crippen molar-refractivity contribution in [1.82, 2.24) is 9.97 Å². The summed E-state index contributed by atoms with van der Waals surface area (Å²) in [6, 6.07) is 6.64. The van der Waals surface area contributed by atoms with E-state index in [9.17, 15) is 4.39 Å². The molecule has 0 spiro atoms. The van der Waals surface area contributed by atoms with Gasteiger partial charge in [-0.1, -0.05) is 12.1 Å². The van der Waals surface area contributed by atoms with E-state index >= 15 is 0 Å². The third-order valence-electron chi connectivity index (χ3n) is 2.84. The number of aryl methyl sites for hydroxylation is 1. The number of rotatable bonds is 5. The van der Waals surface area contributed by atoms with Crippen molar-refractivity contribution in [3.05, 3.63) is 47.0 Å². The molecule has 0 aliphatic carbocycles. The molecule has 0 fully saturated rings. The predicted molar refractivity (Wildman–Crippen MR) is 74.9 cm³/mol. The molecule has 0 bridgehead atoms. The molecule has 0 unspecified atom stereocenters. The summed E-state index contributed by atoms with van der Waals surface area (Å²) in [5.41, 5.74) is 6.79. The van der Waals surface area contributed by atoms with Gasteiger partial charge >= 0.3 is 0 Å². The van der Waals surface area contributed by atoms with Gasteiger partial charge in [-0.3, -0.25) is 0 Å². The second-order valence-electron chi connectivity index (χ2n) is 4.33. The molecule has 1 heterocycles. The van der Waals surface area contributed by atoms with Gasteiger partial charge in [0.1, 0.15) is 17.5 Å². The van der Waals surface area contributed by atoms with E-state index in [2.05, 4.69) is 15.3 Å². The van der Waals surface area contributed by atoms with Crippen molar-refractivity contribution in [3.8, 4) is 5.88 Å². The summed E-state index contributed by atoms with van der Waals surface area (Å²) in [7, 11) is 1.54. The average molecular weight is 276 g/mol. The fourth-order valence-corrected chi connectivity index (χ4v) is 1.78. The molecule has 0 aliphatic rings. The Morgan fingerprint density at radius 1 is 1.30 bits per heavy atom. The zero-order valence-corrected chi connectivity index (χ0v) is 11.5. The van der Waals surface area contributed by atoms with Crippen LogP contribution in [0, 0.1) is 12.7 Å². The summed E-state index contributed by atoms with van der Waals surface area (Å²) >= 11 is 0. The molecule has 1 aromatic carbocycles. The van der Waals surface area contributed by atoms with Crippen molar-refractivity contribution in [2.75, 3.05) is 12.4 Å². The highest BCUT2D eigenvalue weighted by atomic mass is 19.1. The molecule has 106 valence electrons. The Hall–Kier alpha value is -2.21. The Morgan fingerprint density at radius 2 is 2.10 bits per heavy atom. The number of anilines is 1. The summed E-state index contributed by atoms with van der Waals surface area (Å²) < 4.78 is 18.9. The van der Waals surface area contributed by atoms with Gasteiger partial charge in [0.05, 0.1) is 7.11 Å². The highest BCUT2D eigenvalue weighted by Gasteiger charge is 2.05. The van der Waals surface area contributed by atoms with Gasteiger partial charge in [0.2, 0.25) is 5.88 Å². The van der Waals surface area contributed by atoms with E-state index in [-0.39, 0.29) is 5.82 Å². The van der Waals surface area contributed by atoms with Crippen molar-refractivity contribution in [2.24, 2.45) is 5.73 Å². The molecule has 0 atom stereocenters. The van der Waals surface area contributed by atoms with Crippen molar-refractivity contribution >= 4 is 5.82 Å². The van der Waals surface area contributed by atoms with Gasteiger partial charge in [-0.25, -0.2) is 9.37 Å². The van der Waals surface area contributed by atoms with Crippen LogP contribution in [0.5, 0.6) is 5.88 Å². The Bertz CT molecular complexity index is 604. The van der Waals surface area contributed by atoms with E-state index < -0.39 is 0 Å². The van der Waals surface area contributed by atoms with Crippen LogP contribution < -0.4 is 15.8 Å². The van der Waals surface area contributed by atoms with Crippen LogP contribution in [0.3, 0.4) is 0 Å². The first-order chi connectivity index (χ1) is 9.62. The van der Waals surface area contributed by atoms with Gasteiger partial charge in [0, 0.05) is 24.7 Å². The van der Waals surface area contributed by atoms with Gasteiger partial charge in [-0.15, -0.1) is 0 Å². The lowest BCUT2D eigenvalue weighted by Gasteiger charge is -2.09. The molecule has 0 aliphatic heterocycles. The SMILES string of the molecule is COc1cc(NCc2ccc(CN)cc2F)nc(C)n1. The van der Waals surface area contributed by atoms with Gasteiger partial charge in [-0.2, -0.15) is 4.98 Å². The topological polar surface area (TPSA) is 73.1 Å². The lowest BCUT2D eigenvalue weighted by atomic mass is 10.1. The lowest BCUT2D eigenvalue weighted by Crippen LogP contribution is -2.06. The van der Waals surface area contributed by atoms with E-state index in [4.69, 9.17) is 10.5 Å². The smallest absolute Gasteiger partial charge is 0.218 e. The second-order valence-corrected chi connectivity index (χ2v) is 4.33. The Morgan fingerprint density at radius 3 is 2.75 bits per heavy atom. The van der Waals surface area contributed by atoms with E-state index in [0.717, 1.165) is 5.56 Å². The number of halogens is 1. The number of ether oxygens (including phenoxy) is 1. The van der Waals surface area contributed by atoms with Crippen LogP contribution in [0.2, 0.25) is 0 Å². The van der Waals surface area contributed by atoms with E-state index in [1.54, 1.807) is 19.1 Å². The van der Waals surface area contributed by atoms with E-state index in [1.165, 1.54) is 13.2 Å². The summed E-state index contributed by atoms with van der Waals surface area (Å²) in [5, 5.41) is 3.05. The molecule has 3 N–H and O–H groups in total. The number of hydrogen-bond acceptors (Lipinski definition) is 5. The Balaban J connectivity index is 2.10. The number of aromatic nitrogens is 2. The Labute approximate surface area is 117 Å². The summed E-state index contributed by atoms with van der Waals surface area (Å²) in [5.74, 6) is 1.37. The molecule has 20 heavy (non-hydrogen) atoms. The van der Waals surface area contributed by atoms with Gasteiger partial charge < -0.3 is 15.8 Å². The first kappa shape index (κ1) is 14.2. The number of benzene rings is 1. The maximum Gasteiger partial charge on any atom is 0.218 e. The van der Waals surface area contributed by atoms with Crippen molar-refractivity contribution in [3.63, 3.8) is 0 Å². The van der Waals surface area contributed by atoms with Crippen molar-refractivity contribution in [2.45, 2.75) is 20.0 Å². The van der Waals surface area contributed by atoms with Gasteiger partial charge in [0.15, 0.2) is 0 Å². The number of methoxy groups -OCH3 is 1. The maximum absolute atomic E-state index is 13.8. The first-order valence-corrected chi connectivity index (χ1v) is 6.23. The minimum atomic E-state index is -0.279. The third-order valence-corrected chi connectivity index (χ3v) is 2.84. The minimum absolute atomic E-state index is 0.279. The van der Waals surface area contributed by atoms with Crippen LogP contribution in [-0.4, -0.2) is 17.1 Å². The zero-order valence-electron chi connectivity index (χ0n) is 11.5. The lowest BCUT2D eigenvalue weighted by molar-refractivity contribution is 0.396. The molecule has 0 saturated carbocycles. The number of hydrogen-bond donors (Lipinski definition) is 2. The van der Waals surface area contributed by atoms with Crippen LogP contribution in [0.15, 0.2) is 24.3 Å². The number of nitrogens with one attached hydrogen (secondary N) is 1. The fraction of sp³-hybridized carbons (Fsp3) is 0.286. The summed E-state index contributed by atoms with van der Waals surface area (Å²) in [6.45, 7) is 2.42. The van der Waals surface area contributed by atoms with Crippen LogP contribution in [0.4, 0.5) is 10.2 Å². The molecule has 0 saturated heterocycles. The normalized spacial score (nSPS) is 10.4. The molecule has 2 rings (SSSR count). The highest BCUT2D eigenvalue weighted by molar-refractivity contribution is 5.39. The van der Waals surface area contributed by atoms with Crippen molar-refractivity contribution in [1.29, 1.82) is 0 Å². The van der Waals surface area contributed by atoms with Gasteiger partial charge in [-0.05, 0) is 18.6 Å². The van der Waals surface area contributed by atoms with Crippen LogP contribution in [-0.2, 0) is 13.1 Å². The maximum atomic E-state index is 13.8. The van der Waals surface area contributed by atoms with Crippen LogP contribution >= 0.6 is 0 Å². The third kappa shape index (κ3) is 3.42. The van der Waals surface area contributed by atoms with Crippen LogP contribution in [0.25, 0.3) is 0 Å². The fourth-order valence-electron chi connectivity index (χ4n) is 1.78. The molecule has 2 aromatic rings. The van der Waals surface area contributed by atoms with Gasteiger partial charge in [0.25, 0.3) is 0 Å². The first-order valence-electron chi connectivity index (χ1n) is 6.23. The van der Waals surface area contributed by atoms with Crippen molar-refractivity contribution < 1.29 is 9.13 Å².